The van der Waals surface area contributed by atoms with Gasteiger partial charge in [-0.25, -0.2) is 9.59 Å². The largest absolute Gasteiger partial charge is 0.467 e. The van der Waals surface area contributed by atoms with Crippen LogP contribution in [0.25, 0.3) is 0 Å². The van der Waals surface area contributed by atoms with Crippen LogP contribution in [-0.4, -0.2) is 31.3 Å². The van der Waals surface area contributed by atoms with Gasteiger partial charge in [0.05, 0.1) is 14.2 Å². The third-order valence-electron chi connectivity index (χ3n) is 2.87. The van der Waals surface area contributed by atoms with Crippen LogP contribution in [0.3, 0.4) is 0 Å². The Hall–Kier alpha value is -2.40. The second kappa shape index (κ2) is 8.01. The zero-order chi connectivity index (χ0) is 15.7. The molecule has 0 saturated heterocycles. The van der Waals surface area contributed by atoms with Crippen molar-refractivity contribution in [2.24, 2.45) is 0 Å². The van der Waals surface area contributed by atoms with E-state index in [9.17, 15) is 14.7 Å². The molecule has 0 aliphatic rings. The number of carbonyl (C=O) groups excluding carboxylic acids is 2. The van der Waals surface area contributed by atoms with Crippen molar-refractivity contribution in [3.05, 3.63) is 60.2 Å². The number of rotatable bonds is 6. The molecule has 5 nitrogen and oxygen atoms in total. The van der Waals surface area contributed by atoms with Crippen LogP contribution in [0.5, 0.6) is 0 Å². The van der Waals surface area contributed by atoms with Crippen LogP contribution < -0.4 is 0 Å². The van der Waals surface area contributed by atoms with Gasteiger partial charge in [0.1, 0.15) is 0 Å². The summed E-state index contributed by atoms with van der Waals surface area (Å²) in [7, 11) is 2.50. The molecule has 0 fully saturated rings. The number of esters is 2. The van der Waals surface area contributed by atoms with Gasteiger partial charge in [-0.05, 0) is 5.56 Å². The van der Waals surface area contributed by atoms with Crippen LogP contribution in [0.15, 0.2) is 54.6 Å². The first-order valence-electron chi connectivity index (χ1n) is 6.32. The minimum atomic E-state index is -1.76. The van der Waals surface area contributed by atoms with Gasteiger partial charge in [0.15, 0.2) is 5.60 Å². The van der Waals surface area contributed by atoms with Gasteiger partial charge in [0, 0.05) is 12.5 Å². The molecular weight excluding hydrogens is 272 g/mol. The quantitative estimate of drug-likeness (QED) is 0.490. The summed E-state index contributed by atoms with van der Waals surface area (Å²) in [6, 6.07) is 8.54. The van der Waals surface area contributed by atoms with Crippen LogP contribution in [0, 0.1) is 0 Å². The zero-order valence-electron chi connectivity index (χ0n) is 12.0. The van der Waals surface area contributed by atoms with Crippen LogP contribution in [0.2, 0.25) is 0 Å². The van der Waals surface area contributed by atoms with E-state index in [0.717, 1.165) is 0 Å². The fourth-order valence-electron chi connectivity index (χ4n) is 1.72. The maximum atomic E-state index is 11.9. The number of benzene rings is 1. The molecule has 1 aromatic carbocycles. The molecule has 5 heteroatoms. The van der Waals surface area contributed by atoms with Gasteiger partial charge < -0.3 is 14.6 Å². The molecule has 0 aliphatic carbocycles. The van der Waals surface area contributed by atoms with Crippen LogP contribution in [0.4, 0.5) is 0 Å². The fourth-order valence-corrected chi connectivity index (χ4v) is 1.72. The predicted octanol–water partition coefficient (Wildman–Crippen LogP) is 1.72. The first-order valence-corrected chi connectivity index (χ1v) is 6.32. The standard InChI is InChI=1S/C16H18O5/c1-20-14(17)11-7-4-8-12-16(19,15(18)21-2)13-9-5-3-6-10-13/h3-11,19H,12H2,1-2H3/b8-4+,11-7+. The fraction of sp³-hybridized carbons (Fsp3) is 0.250. The predicted molar refractivity (Wildman–Crippen MR) is 77.3 cm³/mol. The van der Waals surface area contributed by atoms with E-state index in [1.807, 2.05) is 0 Å². The van der Waals surface area contributed by atoms with Crippen LogP contribution in [0.1, 0.15) is 12.0 Å². The van der Waals surface area contributed by atoms with E-state index in [1.165, 1.54) is 26.4 Å². The molecule has 0 aliphatic heterocycles. The highest BCUT2D eigenvalue weighted by Crippen LogP contribution is 2.27. The summed E-state index contributed by atoms with van der Waals surface area (Å²) in [6.07, 6.45) is 5.84. The summed E-state index contributed by atoms with van der Waals surface area (Å²) in [5.74, 6) is -1.22. The maximum absolute atomic E-state index is 11.9. The van der Waals surface area contributed by atoms with Gasteiger partial charge in [0.25, 0.3) is 0 Å². The lowest BCUT2D eigenvalue weighted by Gasteiger charge is -2.24. The van der Waals surface area contributed by atoms with Crippen LogP contribution >= 0.6 is 0 Å². The Morgan fingerprint density at radius 1 is 1.14 bits per heavy atom. The average Bonchev–Trinajstić information content (AvgIpc) is 2.53. The lowest BCUT2D eigenvalue weighted by molar-refractivity contribution is -0.163. The minimum absolute atomic E-state index is 0.0230. The Balaban J connectivity index is 2.86. The summed E-state index contributed by atoms with van der Waals surface area (Å²) in [4.78, 5) is 22.7. The highest BCUT2D eigenvalue weighted by atomic mass is 16.5. The lowest BCUT2D eigenvalue weighted by Crippen LogP contribution is -2.36. The second-order valence-corrected chi connectivity index (χ2v) is 4.23. The lowest BCUT2D eigenvalue weighted by atomic mass is 9.90. The van der Waals surface area contributed by atoms with E-state index in [1.54, 1.807) is 42.5 Å². The van der Waals surface area contributed by atoms with Crippen LogP contribution in [-0.2, 0) is 24.7 Å². The van der Waals surface area contributed by atoms with Gasteiger partial charge in [-0.1, -0.05) is 48.6 Å². The topological polar surface area (TPSA) is 72.8 Å². The third kappa shape index (κ3) is 4.57. The zero-order valence-corrected chi connectivity index (χ0v) is 12.0. The number of aliphatic hydroxyl groups is 1. The third-order valence-corrected chi connectivity index (χ3v) is 2.87. The van der Waals surface area contributed by atoms with Gasteiger partial charge >= 0.3 is 11.9 Å². The van der Waals surface area contributed by atoms with E-state index in [2.05, 4.69) is 9.47 Å². The Morgan fingerprint density at radius 2 is 1.81 bits per heavy atom. The van der Waals surface area contributed by atoms with E-state index < -0.39 is 17.5 Å². The Labute approximate surface area is 123 Å². The van der Waals surface area contributed by atoms with Gasteiger partial charge in [-0.3, -0.25) is 0 Å². The monoisotopic (exact) mass is 290 g/mol. The number of ether oxygens (including phenoxy) is 2. The number of hydrogen-bond donors (Lipinski definition) is 1. The van der Waals surface area contributed by atoms with Crippen molar-refractivity contribution < 1.29 is 24.2 Å². The van der Waals surface area contributed by atoms with Crippen molar-refractivity contribution in [3.63, 3.8) is 0 Å². The summed E-state index contributed by atoms with van der Waals surface area (Å²) in [5.41, 5.74) is -1.32. The maximum Gasteiger partial charge on any atom is 0.342 e. The highest BCUT2D eigenvalue weighted by molar-refractivity contribution is 5.82. The van der Waals surface area contributed by atoms with E-state index >= 15 is 0 Å². The van der Waals surface area contributed by atoms with E-state index in [0.29, 0.717) is 5.56 Å². The van der Waals surface area contributed by atoms with Crippen molar-refractivity contribution in [3.8, 4) is 0 Å². The van der Waals surface area contributed by atoms with Gasteiger partial charge in [-0.15, -0.1) is 0 Å². The number of methoxy groups -OCH3 is 2. The first-order chi connectivity index (χ1) is 10.0. The summed E-state index contributed by atoms with van der Waals surface area (Å²) in [6.45, 7) is 0. The molecule has 1 aromatic rings. The number of carbonyl (C=O) groups is 2. The molecule has 0 spiro atoms. The summed E-state index contributed by atoms with van der Waals surface area (Å²) < 4.78 is 9.11. The van der Waals surface area contributed by atoms with E-state index in [-0.39, 0.29) is 6.42 Å². The molecule has 1 unspecified atom stereocenters. The Morgan fingerprint density at radius 3 is 2.38 bits per heavy atom. The van der Waals surface area contributed by atoms with Crippen molar-refractivity contribution in [2.75, 3.05) is 14.2 Å². The number of allylic oxidation sites excluding steroid dienone is 2. The Bertz CT molecular complexity index is 533. The molecule has 0 aromatic heterocycles. The molecule has 0 radical (unpaired) electrons. The molecule has 0 saturated carbocycles. The molecule has 0 bridgehead atoms. The smallest absolute Gasteiger partial charge is 0.342 e. The van der Waals surface area contributed by atoms with Crippen molar-refractivity contribution in [2.45, 2.75) is 12.0 Å². The minimum Gasteiger partial charge on any atom is -0.467 e. The molecule has 0 amide bonds. The molecule has 112 valence electrons. The molecule has 1 N–H and O–H groups in total. The molecule has 1 atom stereocenters. The van der Waals surface area contributed by atoms with Crippen molar-refractivity contribution in [1.82, 2.24) is 0 Å². The average molecular weight is 290 g/mol. The summed E-state index contributed by atoms with van der Waals surface area (Å²) in [5, 5.41) is 10.6. The molecular formula is C16H18O5. The second-order valence-electron chi connectivity index (χ2n) is 4.23. The first kappa shape index (κ1) is 16.7. The highest BCUT2D eigenvalue weighted by Gasteiger charge is 2.37. The van der Waals surface area contributed by atoms with E-state index in [4.69, 9.17) is 0 Å². The Kier molecular flexibility index (Phi) is 6.36. The SMILES string of the molecule is COC(=O)/C=C/C=C/CC(O)(C(=O)OC)c1ccccc1. The molecule has 21 heavy (non-hydrogen) atoms. The summed E-state index contributed by atoms with van der Waals surface area (Å²) >= 11 is 0. The molecule has 1 rings (SSSR count). The number of hydrogen-bond acceptors (Lipinski definition) is 5. The molecule has 0 heterocycles. The van der Waals surface area contributed by atoms with Crippen molar-refractivity contribution in [1.29, 1.82) is 0 Å². The normalized spacial score (nSPS) is 14.0. The van der Waals surface area contributed by atoms with Crippen molar-refractivity contribution >= 4 is 11.9 Å². The van der Waals surface area contributed by atoms with Gasteiger partial charge in [-0.2, -0.15) is 0 Å². The van der Waals surface area contributed by atoms with Gasteiger partial charge in [0.2, 0.25) is 0 Å².